The summed E-state index contributed by atoms with van der Waals surface area (Å²) in [5.41, 5.74) is 1.25. The quantitative estimate of drug-likeness (QED) is 0.843. The van der Waals surface area contributed by atoms with Gasteiger partial charge in [0, 0.05) is 0 Å². The van der Waals surface area contributed by atoms with Gasteiger partial charge in [-0.05, 0) is 22.9 Å². The van der Waals surface area contributed by atoms with Crippen molar-refractivity contribution < 1.29 is 15.0 Å². The Hall–Kier alpha value is -3.19. The number of ether oxygens (including phenoxy) is 1. The van der Waals surface area contributed by atoms with Gasteiger partial charge in [-0.3, -0.25) is 0 Å². The number of carbonyl (C=O) groups excluding carboxylic acids is 1. The molecule has 2 amide bonds. The maximum atomic E-state index is 11.2. The van der Waals surface area contributed by atoms with E-state index in [4.69, 9.17) is 4.74 Å². The van der Waals surface area contributed by atoms with E-state index in [0.717, 1.165) is 16.3 Å². The zero-order chi connectivity index (χ0) is 15.1. The average molecular weight is 308 g/mol. The van der Waals surface area contributed by atoms with Crippen LogP contribution < -0.4 is 4.74 Å². The Morgan fingerprint density at radius 2 is 1.70 bits per heavy atom. The third-order valence-corrected chi connectivity index (χ3v) is 3.47. The molecule has 0 saturated carbocycles. The summed E-state index contributed by atoms with van der Waals surface area (Å²) >= 11 is 0. The predicted octanol–water partition coefficient (Wildman–Crippen LogP) is 1.83. The van der Waals surface area contributed by atoms with Gasteiger partial charge in [0.05, 0.1) is 18.9 Å². The maximum absolute atomic E-state index is 11.2. The number of fused-ring (bicyclic) bond motifs is 2. The van der Waals surface area contributed by atoms with Crippen LogP contribution in [-0.2, 0) is 0 Å². The average Bonchev–Trinajstić information content (AvgIpc) is 2.96. The Balaban J connectivity index is 0.00000156. The number of amidine groups is 2. The normalized spacial score (nSPS) is 15.5. The van der Waals surface area contributed by atoms with Gasteiger partial charge < -0.3 is 10.2 Å². The molecule has 0 fully saturated rings. The van der Waals surface area contributed by atoms with E-state index in [0.29, 0.717) is 23.1 Å². The third kappa shape index (κ3) is 2.43. The van der Waals surface area contributed by atoms with E-state index in [1.54, 1.807) is 7.11 Å². The molecule has 0 spiro atoms. The van der Waals surface area contributed by atoms with E-state index in [2.05, 4.69) is 20.0 Å². The highest BCUT2D eigenvalue weighted by molar-refractivity contribution is 6.68. The van der Waals surface area contributed by atoms with E-state index < -0.39 is 6.03 Å². The summed E-state index contributed by atoms with van der Waals surface area (Å²) in [7, 11) is 1.60. The summed E-state index contributed by atoms with van der Waals surface area (Å²) in [5.74, 6) is 1.44. The van der Waals surface area contributed by atoms with Crippen LogP contribution in [0.2, 0.25) is 0 Å². The first-order valence-corrected chi connectivity index (χ1v) is 6.66. The van der Waals surface area contributed by atoms with Crippen LogP contribution in [0.3, 0.4) is 0 Å². The molecular weight excluding hydrogens is 296 g/mol. The van der Waals surface area contributed by atoms with Crippen LogP contribution in [0.25, 0.3) is 10.8 Å². The minimum atomic E-state index is -0.565. The van der Waals surface area contributed by atoms with Crippen LogP contribution in [0.4, 0.5) is 4.79 Å². The lowest BCUT2D eigenvalue weighted by molar-refractivity contribution is 0.257. The van der Waals surface area contributed by atoms with E-state index in [1.165, 1.54) is 6.21 Å². The first-order chi connectivity index (χ1) is 10.7. The van der Waals surface area contributed by atoms with Gasteiger partial charge in [-0.1, -0.05) is 24.3 Å². The summed E-state index contributed by atoms with van der Waals surface area (Å²) in [5, 5.41) is 2.13. The van der Waals surface area contributed by atoms with Gasteiger partial charge in [0.25, 0.3) is 0 Å². The fraction of sp³-hybridized carbons (Fsp3) is 0.0625. The van der Waals surface area contributed by atoms with E-state index in [1.807, 2.05) is 36.4 Å². The largest absolute Gasteiger partial charge is 0.496 e. The summed E-state index contributed by atoms with van der Waals surface area (Å²) in [6.07, 6.45) is 1.38. The van der Waals surface area contributed by atoms with Crippen LogP contribution in [0.1, 0.15) is 5.56 Å². The Morgan fingerprint density at radius 3 is 2.43 bits per heavy atom. The van der Waals surface area contributed by atoms with Gasteiger partial charge in [-0.2, -0.15) is 9.98 Å². The lowest BCUT2D eigenvalue weighted by Gasteiger charge is -2.08. The van der Waals surface area contributed by atoms with Gasteiger partial charge >= 0.3 is 6.03 Å². The molecule has 2 aromatic carbocycles. The van der Waals surface area contributed by atoms with E-state index in [-0.39, 0.29) is 5.48 Å². The molecule has 0 aromatic heterocycles. The maximum Gasteiger partial charge on any atom is 0.369 e. The highest BCUT2D eigenvalue weighted by atomic mass is 16.5. The van der Waals surface area contributed by atoms with Crippen molar-refractivity contribution in [2.24, 2.45) is 20.0 Å². The standard InChI is InChI=1S/C16H10N4O2.H2O/c1-22-13-7-10-5-3-2-4-9(10)6-11(13)14-18-12-8-17-16(21)20-15(12)19-14;/h2-8H,1H3;1H2. The molecule has 0 radical (unpaired) electrons. The molecule has 4 rings (SSSR count). The van der Waals surface area contributed by atoms with Crippen molar-refractivity contribution in [3.63, 3.8) is 0 Å². The lowest BCUT2D eigenvalue weighted by atomic mass is 10.1. The van der Waals surface area contributed by atoms with Crippen molar-refractivity contribution >= 4 is 40.4 Å². The van der Waals surface area contributed by atoms with Crippen LogP contribution >= 0.6 is 0 Å². The predicted molar refractivity (Wildman–Crippen MR) is 89.4 cm³/mol. The number of methoxy groups -OCH3 is 1. The van der Waals surface area contributed by atoms with Crippen LogP contribution in [0, 0.1) is 0 Å². The van der Waals surface area contributed by atoms with Crippen LogP contribution in [0.5, 0.6) is 5.75 Å². The van der Waals surface area contributed by atoms with Gasteiger partial charge in [-0.25, -0.2) is 14.8 Å². The van der Waals surface area contributed by atoms with Gasteiger partial charge in [-0.15, -0.1) is 0 Å². The topological polar surface area (TPSA) is 107 Å². The number of hydrogen-bond donors (Lipinski definition) is 0. The van der Waals surface area contributed by atoms with E-state index >= 15 is 0 Å². The van der Waals surface area contributed by atoms with Crippen molar-refractivity contribution in [1.29, 1.82) is 0 Å². The molecule has 2 N–H and O–H groups in total. The molecule has 114 valence electrons. The molecule has 0 bridgehead atoms. The molecule has 23 heavy (non-hydrogen) atoms. The van der Waals surface area contributed by atoms with Crippen LogP contribution in [0.15, 0.2) is 56.4 Å². The zero-order valence-electron chi connectivity index (χ0n) is 12.1. The highest BCUT2D eigenvalue weighted by Gasteiger charge is 2.24. The number of hydrogen-bond acceptors (Lipinski definition) is 4. The molecule has 2 heterocycles. The van der Waals surface area contributed by atoms with E-state index in [9.17, 15) is 4.79 Å². The van der Waals surface area contributed by atoms with Gasteiger partial charge in [0.1, 0.15) is 11.5 Å². The molecule has 2 aliphatic heterocycles. The molecule has 0 saturated heterocycles. The number of amides is 2. The molecule has 2 aliphatic rings. The second-order valence-corrected chi connectivity index (χ2v) is 4.81. The second-order valence-electron chi connectivity index (χ2n) is 4.81. The Labute approximate surface area is 131 Å². The van der Waals surface area contributed by atoms with Crippen molar-refractivity contribution in [3.8, 4) is 5.75 Å². The molecule has 0 unspecified atom stereocenters. The second kappa shape index (κ2) is 5.54. The lowest BCUT2D eigenvalue weighted by Crippen LogP contribution is -2.16. The van der Waals surface area contributed by atoms with Crippen molar-refractivity contribution in [2.75, 3.05) is 7.11 Å². The molecule has 2 aromatic rings. The Bertz CT molecular complexity index is 941. The minimum absolute atomic E-state index is 0. The SMILES string of the molecule is COc1cc2ccccc2cc1C1=NC2=NC(=O)N=CC2=N1.O. The van der Waals surface area contributed by atoms with Gasteiger partial charge in [0.15, 0.2) is 11.7 Å². The number of carbonyl (C=O) groups is 1. The Kier molecular flexibility index (Phi) is 3.55. The first kappa shape index (κ1) is 14.7. The van der Waals surface area contributed by atoms with Crippen molar-refractivity contribution in [1.82, 2.24) is 0 Å². The molecule has 0 atom stereocenters. The third-order valence-electron chi connectivity index (χ3n) is 3.47. The number of nitrogens with zero attached hydrogens (tertiary/aromatic N) is 4. The number of rotatable bonds is 2. The monoisotopic (exact) mass is 308 g/mol. The van der Waals surface area contributed by atoms with Gasteiger partial charge in [0.2, 0.25) is 0 Å². The number of benzene rings is 2. The minimum Gasteiger partial charge on any atom is -0.496 e. The summed E-state index contributed by atoms with van der Waals surface area (Å²) in [6.45, 7) is 0. The highest BCUT2D eigenvalue weighted by Crippen LogP contribution is 2.28. The van der Waals surface area contributed by atoms with Crippen molar-refractivity contribution in [2.45, 2.75) is 0 Å². The first-order valence-electron chi connectivity index (χ1n) is 6.66. The number of urea groups is 1. The zero-order valence-corrected chi connectivity index (χ0v) is 12.1. The molecule has 7 heteroatoms. The van der Waals surface area contributed by atoms with Crippen molar-refractivity contribution in [3.05, 3.63) is 42.0 Å². The fourth-order valence-corrected chi connectivity index (χ4v) is 2.43. The molecular formula is C16H12N4O3. The smallest absolute Gasteiger partial charge is 0.369 e. The summed E-state index contributed by atoms with van der Waals surface area (Å²) in [6, 6.07) is 11.3. The molecule has 0 aliphatic carbocycles. The molecule has 7 nitrogen and oxygen atoms in total. The number of aliphatic imine (C=N–C) groups is 4. The van der Waals surface area contributed by atoms with Crippen LogP contribution in [-0.4, -0.2) is 42.2 Å². The summed E-state index contributed by atoms with van der Waals surface area (Å²) < 4.78 is 5.45. The fourth-order valence-electron chi connectivity index (χ4n) is 2.43. The summed E-state index contributed by atoms with van der Waals surface area (Å²) in [4.78, 5) is 27.3. The Morgan fingerprint density at radius 1 is 0.957 bits per heavy atom.